The Kier molecular flexibility index (Phi) is 2.90. The predicted octanol–water partition coefficient (Wildman–Crippen LogP) is 1.57. The van der Waals surface area contributed by atoms with Gasteiger partial charge in [0.25, 0.3) is 0 Å². The third-order valence-corrected chi connectivity index (χ3v) is 3.12. The molecule has 1 saturated heterocycles. The van der Waals surface area contributed by atoms with Gasteiger partial charge in [-0.25, -0.2) is 4.79 Å². The molecule has 0 saturated carbocycles. The van der Waals surface area contributed by atoms with E-state index in [1.807, 2.05) is 30.6 Å². The highest BCUT2D eigenvalue weighted by atomic mass is 16.6. The van der Waals surface area contributed by atoms with Gasteiger partial charge in [-0.1, -0.05) is 0 Å². The minimum atomic E-state index is -0.272. The number of fused-ring (bicyclic) bond motifs is 1. The molecule has 1 fully saturated rings. The van der Waals surface area contributed by atoms with Crippen LogP contribution in [-0.2, 0) is 0 Å². The van der Waals surface area contributed by atoms with Crippen molar-refractivity contribution in [1.82, 2.24) is 15.2 Å². The minimum absolute atomic E-state index is 0.272. The smallest absolute Gasteiger partial charge is 0.410 e. The molecule has 18 heavy (non-hydrogen) atoms. The maximum Gasteiger partial charge on any atom is 0.415 e. The lowest BCUT2D eigenvalue weighted by Crippen LogP contribution is -2.47. The Morgan fingerprint density at radius 1 is 1.17 bits per heavy atom. The number of carbonyl (C=O) groups is 1. The van der Waals surface area contributed by atoms with Gasteiger partial charge in [-0.2, -0.15) is 0 Å². The van der Waals surface area contributed by atoms with Crippen LogP contribution >= 0.6 is 0 Å². The van der Waals surface area contributed by atoms with Gasteiger partial charge in [-0.3, -0.25) is 0 Å². The number of hydrogen-bond donors (Lipinski definition) is 2. The molecule has 5 heteroatoms. The topological polar surface area (TPSA) is 57.4 Å². The summed E-state index contributed by atoms with van der Waals surface area (Å²) in [5.41, 5.74) is 0. The summed E-state index contributed by atoms with van der Waals surface area (Å²) in [4.78, 5) is 16.7. The second-order valence-electron chi connectivity index (χ2n) is 4.35. The van der Waals surface area contributed by atoms with Gasteiger partial charge in [0, 0.05) is 44.0 Å². The minimum Gasteiger partial charge on any atom is -0.410 e. The Bertz CT molecular complexity index is 558. The molecular weight excluding hydrogens is 230 g/mol. The number of nitrogens with one attached hydrogen (secondary N) is 2. The molecule has 3 rings (SSSR count). The van der Waals surface area contributed by atoms with Gasteiger partial charge in [0.1, 0.15) is 5.75 Å². The Morgan fingerprint density at radius 2 is 1.94 bits per heavy atom. The number of H-pyrrole nitrogens is 1. The molecule has 0 unspecified atom stereocenters. The third kappa shape index (κ3) is 2.17. The van der Waals surface area contributed by atoms with Crippen molar-refractivity contribution in [3.8, 4) is 5.75 Å². The van der Waals surface area contributed by atoms with Crippen LogP contribution in [0, 0.1) is 0 Å². The third-order valence-electron chi connectivity index (χ3n) is 3.12. The summed E-state index contributed by atoms with van der Waals surface area (Å²) in [6.45, 7) is 3.05. The maximum atomic E-state index is 11.9. The van der Waals surface area contributed by atoms with Gasteiger partial charge < -0.3 is 19.9 Å². The molecule has 1 aliphatic rings. The molecule has 0 aliphatic carbocycles. The molecule has 0 spiro atoms. The summed E-state index contributed by atoms with van der Waals surface area (Å²) in [5.74, 6) is 0.589. The van der Waals surface area contributed by atoms with Gasteiger partial charge in [-0.05, 0) is 23.6 Å². The van der Waals surface area contributed by atoms with E-state index in [0.29, 0.717) is 18.8 Å². The fourth-order valence-electron chi connectivity index (χ4n) is 2.11. The lowest BCUT2D eigenvalue weighted by Gasteiger charge is -2.26. The molecule has 1 aliphatic heterocycles. The molecule has 0 atom stereocenters. The molecule has 0 bridgehead atoms. The number of hydrogen-bond acceptors (Lipinski definition) is 3. The highest BCUT2D eigenvalue weighted by Gasteiger charge is 2.18. The summed E-state index contributed by atoms with van der Waals surface area (Å²) in [5, 5.41) is 5.35. The van der Waals surface area contributed by atoms with Crippen LogP contribution < -0.4 is 10.1 Å². The highest BCUT2D eigenvalue weighted by molar-refractivity contribution is 5.84. The van der Waals surface area contributed by atoms with Gasteiger partial charge in [0.05, 0.1) is 0 Å². The first-order valence-corrected chi connectivity index (χ1v) is 6.07. The van der Waals surface area contributed by atoms with Crippen molar-refractivity contribution < 1.29 is 9.53 Å². The Hall–Kier alpha value is -2.01. The van der Waals surface area contributed by atoms with Crippen LogP contribution in [0.1, 0.15) is 0 Å². The summed E-state index contributed by atoms with van der Waals surface area (Å²) >= 11 is 0. The molecule has 2 N–H and O–H groups in total. The van der Waals surface area contributed by atoms with E-state index in [-0.39, 0.29) is 6.09 Å². The second kappa shape index (κ2) is 4.70. The van der Waals surface area contributed by atoms with Gasteiger partial charge in [0.2, 0.25) is 0 Å². The van der Waals surface area contributed by atoms with Crippen LogP contribution in [-0.4, -0.2) is 42.2 Å². The van der Waals surface area contributed by atoms with Crippen molar-refractivity contribution in [2.75, 3.05) is 26.2 Å². The molecule has 2 heterocycles. The summed E-state index contributed by atoms with van der Waals surface area (Å²) < 4.78 is 5.38. The maximum absolute atomic E-state index is 11.9. The van der Waals surface area contributed by atoms with Gasteiger partial charge in [-0.15, -0.1) is 0 Å². The van der Waals surface area contributed by atoms with E-state index in [1.54, 1.807) is 4.90 Å². The molecule has 5 nitrogen and oxygen atoms in total. The lowest BCUT2D eigenvalue weighted by molar-refractivity contribution is 0.146. The molecule has 94 valence electrons. The normalized spacial score (nSPS) is 15.9. The average Bonchev–Trinajstić information content (AvgIpc) is 2.87. The standard InChI is InChI=1S/C13H15N3O2/c17-13(16-5-3-14-4-6-16)18-12-2-1-10-8-15-9-11(10)7-12/h1-2,7-9,14-15H,3-6H2. The number of carbonyl (C=O) groups excluding carboxylic acids is 1. The largest absolute Gasteiger partial charge is 0.415 e. The number of ether oxygens (including phenoxy) is 1. The van der Waals surface area contributed by atoms with Crippen molar-refractivity contribution in [3.63, 3.8) is 0 Å². The summed E-state index contributed by atoms with van der Waals surface area (Å²) in [6.07, 6.45) is 3.53. The van der Waals surface area contributed by atoms with E-state index in [4.69, 9.17) is 4.74 Å². The SMILES string of the molecule is O=C(Oc1ccc2c[nH]cc2c1)N1CCNCC1. The summed E-state index contributed by atoms with van der Waals surface area (Å²) in [7, 11) is 0. The molecule has 1 amide bonds. The van der Waals surface area contributed by atoms with Crippen molar-refractivity contribution in [3.05, 3.63) is 30.6 Å². The van der Waals surface area contributed by atoms with Crippen molar-refractivity contribution >= 4 is 16.9 Å². The Morgan fingerprint density at radius 3 is 2.78 bits per heavy atom. The van der Waals surface area contributed by atoms with Crippen molar-refractivity contribution in [2.24, 2.45) is 0 Å². The van der Waals surface area contributed by atoms with E-state index in [1.165, 1.54) is 0 Å². The zero-order valence-electron chi connectivity index (χ0n) is 9.98. The average molecular weight is 245 g/mol. The van der Waals surface area contributed by atoms with Crippen molar-refractivity contribution in [1.29, 1.82) is 0 Å². The first kappa shape index (κ1) is 11.1. The molecular formula is C13H15N3O2. The van der Waals surface area contributed by atoms with Gasteiger partial charge in [0.15, 0.2) is 0 Å². The zero-order chi connectivity index (χ0) is 12.4. The Balaban J connectivity index is 1.72. The van der Waals surface area contributed by atoms with Gasteiger partial charge >= 0.3 is 6.09 Å². The fraction of sp³-hybridized carbons (Fsp3) is 0.308. The monoisotopic (exact) mass is 245 g/mol. The Labute approximate surface area is 105 Å². The van der Waals surface area contributed by atoms with E-state index >= 15 is 0 Å². The summed E-state index contributed by atoms with van der Waals surface area (Å²) in [6, 6.07) is 5.62. The molecule has 1 aromatic carbocycles. The van der Waals surface area contributed by atoms with E-state index < -0.39 is 0 Å². The zero-order valence-corrected chi connectivity index (χ0v) is 9.98. The van der Waals surface area contributed by atoms with Crippen LogP contribution in [0.5, 0.6) is 5.75 Å². The molecule has 0 radical (unpaired) electrons. The number of aromatic amines is 1. The highest BCUT2D eigenvalue weighted by Crippen LogP contribution is 2.20. The number of nitrogens with zero attached hydrogens (tertiary/aromatic N) is 1. The van der Waals surface area contributed by atoms with Crippen LogP contribution in [0.3, 0.4) is 0 Å². The lowest BCUT2D eigenvalue weighted by atomic mass is 10.2. The second-order valence-corrected chi connectivity index (χ2v) is 4.35. The quantitative estimate of drug-likeness (QED) is 0.801. The number of piperazine rings is 1. The fourth-order valence-corrected chi connectivity index (χ4v) is 2.11. The number of rotatable bonds is 1. The van der Waals surface area contributed by atoms with Crippen LogP contribution in [0.2, 0.25) is 0 Å². The van der Waals surface area contributed by atoms with E-state index in [0.717, 1.165) is 23.9 Å². The number of aromatic nitrogens is 1. The number of benzene rings is 1. The van der Waals surface area contributed by atoms with Crippen LogP contribution in [0.15, 0.2) is 30.6 Å². The number of amides is 1. The first-order valence-electron chi connectivity index (χ1n) is 6.07. The molecule has 2 aromatic rings. The van der Waals surface area contributed by atoms with Crippen LogP contribution in [0.4, 0.5) is 4.79 Å². The van der Waals surface area contributed by atoms with E-state index in [9.17, 15) is 4.79 Å². The van der Waals surface area contributed by atoms with Crippen molar-refractivity contribution in [2.45, 2.75) is 0 Å². The first-order chi connectivity index (χ1) is 8.83. The molecule has 1 aromatic heterocycles. The van der Waals surface area contributed by atoms with E-state index in [2.05, 4.69) is 10.3 Å². The predicted molar refractivity (Wildman–Crippen MR) is 68.8 cm³/mol. The van der Waals surface area contributed by atoms with Crippen LogP contribution in [0.25, 0.3) is 10.8 Å².